The van der Waals surface area contributed by atoms with E-state index in [9.17, 15) is 22.4 Å². The molecule has 1 aliphatic rings. The van der Waals surface area contributed by atoms with Crippen LogP contribution in [0, 0.1) is 5.82 Å². The van der Waals surface area contributed by atoms with Gasteiger partial charge in [-0.3, -0.25) is 9.52 Å². The number of amides is 1. The molecule has 160 valence electrons. The first kappa shape index (κ1) is 21.8. The summed E-state index contributed by atoms with van der Waals surface area (Å²) in [5, 5.41) is 2.86. The standard InChI is InChI=1S/C21H23FN2O5S/c1-14(20(25)23-16-6-2-3-7-16)29-21(26)15-10-12-17(13-11-15)30(27,28)24-19-9-5-4-8-18(19)22/h4-5,8-14,16,24H,2-3,6-7H2,1H3,(H,23,25). The van der Waals surface area contributed by atoms with Gasteiger partial charge in [-0.25, -0.2) is 17.6 Å². The molecule has 1 saturated carbocycles. The second-order valence-corrected chi connectivity index (χ2v) is 8.83. The minimum Gasteiger partial charge on any atom is -0.449 e. The van der Waals surface area contributed by atoms with Crippen LogP contribution in [0.5, 0.6) is 0 Å². The van der Waals surface area contributed by atoms with Gasteiger partial charge in [-0.2, -0.15) is 0 Å². The molecule has 0 radical (unpaired) electrons. The van der Waals surface area contributed by atoms with E-state index in [1.165, 1.54) is 49.4 Å². The first-order chi connectivity index (χ1) is 14.3. The SMILES string of the molecule is CC(OC(=O)c1ccc(S(=O)(=O)Nc2ccccc2F)cc1)C(=O)NC1CCCC1. The highest BCUT2D eigenvalue weighted by Crippen LogP contribution is 2.20. The average Bonchev–Trinajstić information content (AvgIpc) is 3.22. The maximum atomic E-state index is 13.7. The Morgan fingerprint density at radius 1 is 1.07 bits per heavy atom. The Bertz CT molecular complexity index is 1020. The number of esters is 1. The molecule has 1 amide bonds. The maximum Gasteiger partial charge on any atom is 0.338 e. The number of carbonyl (C=O) groups excluding carboxylic acids is 2. The van der Waals surface area contributed by atoms with Crippen LogP contribution in [-0.2, 0) is 19.6 Å². The molecule has 30 heavy (non-hydrogen) atoms. The zero-order valence-electron chi connectivity index (χ0n) is 16.4. The molecule has 1 aliphatic carbocycles. The molecule has 1 fully saturated rings. The molecule has 1 unspecified atom stereocenters. The molecule has 0 aliphatic heterocycles. The summed E-state index contributed by atoms with van der Waals surface area (Å²) >= 11 is 0. The molecule has 3 rings (SSSR count). The highest BCUT2D eigenvalue weighted by Gasteiger charge is 2.24. The van der Waals surface area contributed by atoms with Crippen LogP contribution in [0.1, 0.15) is 43.0 Å². The second kappa shape index (κ2) is 9.25. The van der Waals surface area contributed by atoms with Crippen LogP contribution in [0.4, 0.5) is 10.1 Å². The molecule has 2 aromatic rings. The van der Waals surface area contributed by atoms with E-state index in [0.717, 1.165) is 31.7 Å². The number of halogens is 1. The van der Waals surface area contributed by atoms with Crippen molar-refractivity contribution in [1.82, 2.24) is 5.32 Å². The Morgan fingerprint density at radius 3 is 2.33 bits per heavy atom. The van der Waals surface area contributed by atoms with Crippen LogP contribution in [0.2, 0.25) is 0 Å². The summed E-state index contributed by atoms with van der Waals surface area (Å²) in [6.07, 6.45) is 3.01. The lowest BCUT2D eigenvalue weighted by Gasteiger charge is -2.17. The van der Waals surface area contributed by atoms with Crippen molar-refractivity contribution >= 4 is 27.6 Å². The van der Waals surface area contributed by atoms with Crippen LogP contribution in [0.15, 0.2) is 53.4 Å². The van der Waals surface area contributed by atoms with E-state index in [-0.39, 0.29) is 28.1 Å². The number of hydrogen-bond acceptors (Lipinski definition) is 5. The number of ether oxygens (including phenoxy) is 1. The number of carbonyl (C=O) groups is 2. The largest absolute Gasteiger partial charge is 0.449 e. The van der Waals surface area contributed by atoms with Gasteiger partial charge in [-0.1, -0.05) is 25.0 Å². The number of hydrogen-bond donors (Lipinski definition) is 2. The Morgan fingerprint density at radius 2 is 1.70 bits per heavy atom. The van der Waals surface area contributed by atoms with Gasteiger partial charge in [0.05, 0.1) is 16.1 Å². The van der Waals surface area contributed by atoms with Crippen molar-refractivity contribution in [3.63, 3.8) is 0 Å². The fourth-order valence-electron chi connectivity index (χ4n) is 3.19. The van der Waals surface area contributed by atoms with E-state index in [1.807, 2.05) is 0 Å². The Hall–Kier alpha value is -2.94. The molecule has 2 N–H and O–H groups in total. The van der Waals surface area contributed by atoms with Crippen LogP contribution >= 0.6 is 0 Å². The molecule has 9 heteroatoms. The quantitative estimate of drug-likeness (QED) is 0.652. The number of nitrogens with one attached hydrogen (secondary N) is 2. The molecule has 0 heterocycles. The Kier molecular flexibility index (Phi) is 6.71. The molecule has 0 spiro atoms. The van der Waals surface area contributed by atoms with Crippen molar-refractivity contribution < 1.29 is 27.1 Å². The number of para-hydroxylation sites is 1. The van der Waals surface area contributed by atoms with Crippen molar-refractivity contribution in [3.05, 3.63) is 59.9 Å². The van der Waals surface area contributed by atoms with E-state index in [2.05, 4.69) is 10.0 Å². The zero-order valence-corrected chi connectivity index (χ0v) is 17.2. The summed E-state index contributed by atoms with van der Waals surface area (Å²) in [6.45, 7) is 1.49. The molecular formula is C21H23FN2O5S. The van der Waals surface area contributed by atoms with Gasteiger partial charge in [0.25, 0.3) is 15.9 Å². The first-order valence-electron chi connectivity index (χ1n) is 9.65. The number of benzene rings is 2. The predicted octanol–water partition coefficient (Wildman–Crippen LogP) is 3.23. The van der Waals surface area contributed by atoms with E-state index < -0.39 is 27.9 Å². The van der Waals surface area contributed by atoms with E-state index >= 15 is 0 Å². The van der Waals surface area contributed by atoms with Gasteiger partial charge >= 0.3 is 5.97 Å². The van der Waals surface area contributed by atoms with Gasteiger partial charge < -0.3 is 10.1 Å². The summed E-state index contributed by atoms with van der Waals surface area (Å²) in [5.41, 5.74) is -0.0801. The summed E-state index contributed by atoms with van der Waals surface area (Å²) in [7, 11) is -4.03. The van der Waals surface area contributed by atoms with Gasteiger partial charge in [0.2, 0.25) is 0 Å². The summed E-state index contributed by atoms with van der Waals surface area (Å²) in [6, 6.07) is 10.5. The Labute approximate surface area is 174 Å². The van der Waals surface area contributed by atoms with Gasteiger partial charge in [-0.05, 0) is 56.2 Å². The van der Waals surface area contributed by atoms with Crippen molar-refractivity contribution in [2.24, 2.45) is 0 Å². The van der Waals surface area contributed by atoms with Crippen LogP contribution in [-0.4, -0.2) is 32.4 Å². The Balaban J connectivity index is 1.62. The van der Waals surface area contributed by atoms with Crippen molar-refractivity contribution in [1.29, 1.82) is 0 Å². The lowest BCUT2D eigenvalue weighted by molar-refractivity contribution is -0.129. The molecule has 0 bridgehead atoms. The fourth-order valence-corrected chi connectivity index (χ4v) is 4.26. The van der Waals surface area contributed by atoms with E-state index in [4.69, 9.17) is 4.74 Å². The average molecular weight is 434 g/mol. The van der Waals surface area contributed by atoms with Gasteiger partial charge in [0.1, 0.15) is 5.82 Å². The third kappa shape index (κ3) is 5.35. The zero-order chi connectivity index (χ0) is 21.7. The lowest BCUT2D eigenvalue weighted by atomic mass is 10.2. The van der Waals surface area contributed by atoms with Crippen LogP contribution in [0.3, 0.4) is 0 Å². The highest BCUT2D eigenvalue weighted by atomic mass is 32.2. The maximum absolute atomic E-state index is 13.7. The van der Waals surface area contributed by atoms with Gasteiger partial charge in [-0.15, -0.1) is 0 Å². The van der Waals surface area contributed by atoms with E-state index in [1.54, 1.807) is 0 Å². The smallest absolute Gasteiger partial charge is 0.338 e. The number of rotatable bonds is 7. The topological polar surface area (TPSA) is 102 Å². The molecule has 2 aromatic carbocycles. The van der Waals surface area contributed by atoms with Crippen LogP contribution < -0.4 is 10.0 Å². The molecule has 0 aromatic heterocycles. The molecule has 0 saturated heterocycles. The number of sulfonamides is 1. The number of anilines is 1. The summed E-state index contributed by atoms with van der Waals surface area (Å²) in [5.74, 6) is -1.80. The third-order valence-electron chi connectivity index (χ3n) is 4.87. The second-order valence-electron chi connectivity index (χ2n) is 7.15. The fraction of sp³-hybridized carbons (Fsp3) is 0.333. The molecular weight excluding hydrogens is 411 g/mol. The third-order valence-corrected chi connectivity index (χ3v) is 6.25. The van der Waals surface area contributed by atoms with Crippen molar-refractivity contribution in [2.75, 3.05) is 4.72 Å². The first-order valence-corrected chi connectivity index (χ1v) is 11.1. The lowest BCUT2D eigenvalue weighted by Crippen LogP contribution is -2.40. The summed E-state index contributed by atoms with van der Waals surface area (Å²) in [4.78, 5) is 24.3. The van der Waals surface area contributed by atoms with E-state index in [0.29, 0.717) is 0 Å². The van der Waals surface area contributed by atoms with Gasteiger partial charge in [0.15, 0.2) is 6.10 Å². The predicted molar refractivity (Wildman–Crippen MR) is 109 cm³/mol. The van der Waals surface area contributed by atoms with Crippen LogP contribution in [0.25, 0.3) is 0 Å². The summed E-state index contributed by atoms with van der Waals surface area (Å²) < 4.78 is 45.9. The molecule has 7 nitrogen and oxygen atoms in total. The van der Waals surface area contributed by atoms with Crippen molar-refractivity contribution in [2.45, 2.75) is 49.6 Å². The minimum atomic E-state index is -4.03. The minimum absolute atomic E-state index is 0.0976. The monoisotopic (exact) mass is 434 g/mol. The molecule has 1 atom stereocenters. The van der Waals surface area contributed by atoms with Crippen molar-refractivity contribution in [3.8, 4) is 0 Å². The highest BCUT2D eigenvalue weighted by molar-refractivity contribution is 7.92. The normalized spacial score (nSPS) is 15.4. The van der Waals surface area contributed by atoms with Gasteiger partial charge in [0, 0.05) is 6.04 Å².